The molecule has 2 aromatic rings. The number of ether oxygens (including phenoxy) is 1. The largest absolute Gasteiger partial charge is 0.497 e. The van der Waals surface area contributed by atoms with Crippen LogP contribution >= 0.6 is 11.3 Å². The third kappa shape index (κ3) is 2.98. The molecule has 1 heterocycles. The molecule has 1 aromatic carbocycles. The number of nitrogen functional groups attached to an aromatic ring is 1. The van der Waals surface area contributed by atoms with E-state index in [4.69, 9.17) is 10.5 Å². The number of nitrogens with one attached hydrogen (secondary N) is 1. The first-order chi connectivity index (χ1) is 9.96. The Morgan fingerprint density at radius 1 is 1.38 bits per heavy atom. The molecule has 0 fully saturated rings. The van der Waals surface area contributed by atoms with Crippen molar-refractivity contribution in [1.29, 1.82) is 5.26 Å². The molecule has 2 rings (SSSR count). The number of carbonyl (C=O) groups excluding carboxylic acids is 1. The first kappa shape index (κ1) is 14.9. The van der Waals surface area contributed by atoms with Gasteiger partial charge >= 0.3 is 0 Å². The van der Waals surface area contributed by atoms with Crippen LogP contribution < -0.4 is 15.8 Å². The number of anilines is 2. The molecule has 0 unspecified atom stereocenters. The number of carbonyl (C=O) groups is 1. The van der Waals surface area contributed by atoms with Gasteiger partial charge in [-0.05, 0) is 31.5 Å². The Morgan fingerprint density at radius 3 is 2.71 bits per heavy atom. The topological polar surface area (TPSA) is 88.1 Å². The molecule has 1 aromatic heterocycles. The predicted molar refractivity (Wildman–Crippen MR) is 83.9 cm³/mol. The molecule has 21 heavy (non-hydrogen) atoms. The zero-order valence-corrected chi connectivity index (χ0v) is 12.8. The number of hydrogen-bond donors (Lipinski definition) is 2. The van der Waals surface area contributed by atoms with E-state index in [1.165, 1.54) is 18.4 Å². The summed E-state index contributed by atoms with van der Waals surface area (Å²) in [7, 11) is 1.51. The minimum atomic E-state index is -0.321. The maximum absolute atomic E-state index is 12.3. The fraction of sp³-hybridized carbons (Fsp3) is 0.200. The summed E-state index contributed by atoms with van der Waals surface area (Å²) in [6.45, 7) is 3.78. The second-order valence-electron chi connectivity index (χ2n) is 4.55. The van der Waals surface area contributed by atoms with Crippen molar-refractivity contribution >= 4 is 27.9 Å². The van der Waals surface area contributed by atoms with E-state index in [2.05, 4.69) is 11.4 Å². The fourth-order valence-electron chi connectivity index (χ4n) is 1.90. The Hall–Kier alpha value is -2.52. The molecule has 0 saturated carbocycles. The second-order valence-corrected chi connectivity index (χ2v) is 5.77. The van der Waals surface area contributed by atoms with Gasteiger partial charge in [-0.1, -0.05) is 0 Å². The zero-order valence-electron chi connectivity index (χ0n) is 12.0. The molecule has 3 N–H and O–H groups in total. The Balaban J connectivity index is 2.33. The van der Waals surface area contributed by atoms with Crippen molar-refractivity contribution in [1.82, 2.24) is 0 Å². The quantitative estimate of drug-likeness (QED) is 0.853. The second kappa shape index (κ2) is 5.85. The molecule has 0 radical (unpaired) electrons. The van der Waals surface area contributed by atoms with Crippen LogP contribution in [-0.4, -0.2) is 13.0 Å². The molecule has 5 nitrogen and oxygen atoms in total. The number of methoxy groups -OCH3 is 1. The van der Waals surface area contributed by atoms with Gasteiger partial charge in [-0.2, -0.15) is 5.26 Å². The Bertz CT molecular complexity index is 744. The standard InChI is InChI=1S/C15H15N3O2S/c1-8-9(2)21-15(13(8)7-16)18-14(19)10-4-11(17)6-12(5-10)20-3/h4-6H,17H2,1-3H3,(H,18,19). The van der Waals surface area contributed by atoms with E-state index in [9.17, 15) is 10.1 Å². The molecule has 1 amide bonds. The lowest BCUT2D eigenvalue weighted by Gasteiger charge is -2.07. The summed E-state index contributed by atoms with van der Waals surface area (Å²) < 4.78 is 5.09. The summed E-state index contributed by atoms with van der Waals surface area (Å²) >= 11 is 1.39. The van der Waals surface area contributed by atoms with E-state index >= 15 is 0 Å². The normalized spacial score (nSPS) is 10.0. The average molecular weight is 301 g/mol. The van der Waals surface area contributed by atoms with Crippen LogP contribution in [0.1, 0.15) is 26.4 Å². The van der Waals surface area contributed by atoms with E-state index < -0.39 is 0 Å². The fourth-order valence-corrected chi connectivity index (χ4v) is 2.90. The molecule has 0 aliphatic rings. The van der Waals surface area contributed by atoms with E-state index in [1.54, 1.807) is 18.2 Å². The van der Waals surface area contributed by atoms with Gasteiger partial charge in [0.1, 0.15) is 16.8 Å². The van der Waals surface area contributed by atoms with Crippen LogP contribution in [0.15, 0.2) is 18.2 Å². The maximum atomic E-state index is 12.3. The summed E-state index contributed by atoms with van der Waals surface area (Å²) in [5, 5.41) is 12.5. The Morgan fingerprint density at radius 2 is 2.10 bits per heavy atom. The number of aryl methyl sites for hydroxylation is 1. The van der Waals surface area contributed by atoms with Crippen molar-refractivity contribution < 1.29 is 9.53 Å². The van der Waals surface area contributed by atoms with Gasteiger partial charge in [-0.15, -0.1) is 11.3 Å². The monoisotopic (exact) mass is 301 g/mol. The summed E-state index contributed by atoms with van der Waals surface area (Å²) in [6, 6.07) is 6.93. The first-order valence-electron chi connectivity index (χ1n) is 6.22. The van der Waals surface area contributed by atoms with Gasteiger partial charge in [0.05, 0.1) is 12.7 Å². The van der Waals surface area contributed by atoms with Gasteiger partial charge in [0.2, 0.25) is 0 Å². The van der Waals surface area contributed by atoms with E-state index in [0.717, 1.165) is 10.4 Å². The van der Waals surface area contributed by atoms with Crippen LogP contribution in [0.3, 0.4) is 0 Å². The zero-order chi connectivity index (χ0) is 15.6. The summed E-state index contributed by atoms with van der Waals surface area (Å²) in [5.41, 5.74) is 7.97. The molecule has 108 valence electrons. The smallest absolute Gasteiger partial charge is 0.256 e. The molecular formula is C15H15N3O2S. The highest BCUT2D eigenvalue weighted by molar-refractivity contribution is 7.16. The van der Waals surface area contributed by atoms with Crippen LogP contribution in [0.4, 0.5) is 10.7 Å². The molecular weight excluding hydrogens is 286 g/mol. The van der Waals surface area contributed by atoms with Crippen LogP contribution in [0, 0.1) is 25.2 Å². The maximum Gasteiger partial charge on any atom is 0.256 e. The highest BCUT2D eigenvalue weighted by atomic mass is 32.1. The highest BCUT2D eigenvalue weighted by Gasteiger charge is 2.16. The van der Waals surface area contributed by atoms with Gasteiger partial charge in [0.15, 0.2) is 0 Å². The number of nitrogens with two attached hydrogens (primary N) is 1. The molecule has 6 heteroatoms. The van der Waals surface area contributed by atoms with Gasteiger partial charge in [0.25, 0.3) is 5.91 Å². The lowest BCUT2D eigenvalue weighted by molar-refractivity contribution is 0.102. The Labute approximate surface area is 127 Å². The molecule has 0 aliphatic carbocycles. The SMILES string of the molecule is COc1cc(N)cc(C(=O)Nc2sc(C)c(C)c2C#N)c1. The van der Waals surface area contributed by atoms with E-state index in [-0.39, 0.29) is 5.91 Å². The van der Waals surface area contributed by atoms with E-state index in [0.29, 0.717) is 27.6 Å². The number of nitriles is 1. The molecule has 0 aliphatic heterocycles. The van der Waals surface area contributed by atoms with Crippen LogP contribution in [-0.2, 0) is 0 Å². The van der Waals surface area contributed by atoms with Crippen molar-refractivity contribution in [3.8, 4) is 11.8 Å². The highest BCUT2D eigenvalue weighted by Crippen LogP contribution is 2.32. The Kier molecular flexibility index (Phi) is 4.15. The van der Waals surface area contributed by atoms with Crippen LogP contribution in [0.2, 0.25) is 0 Å². The van der Waals surface area contributed by atoms with Gasteiger partial charge in [-0.25, -0.2) is 0 Å². The lowest BCUT2D eigenvalue weighted by Crippen LogP contribution is -2.12. The number of rotatable bonds is 3. The number of thiophene rings is 1. The minimum Gasteiger partial charge on any atom is -0.497 e. The summed E-state index contributed by atoms with van der Waals surface area (Å²) in [5.74, 6) is 0.192. The molecule has 0 saturated heterocycles. The van der Waals surface area contributed by atoms with Crippen molar-refractivity contribution in [2.45, 2.75) is 13.8 Å². The molecule has 0 atom stereocenters. The van der Waals surface area contributed by atoms with Gasteiger partial charge in [-0.3, -0.25) is 4.79 Å². The van der Waals surface area contributed by atoms with Gasteiger partial charge in [0, 0.05) is 22.2 Å². The van der Waals surface area contributed by atoms with Crippen LogP contribution in [0.5, 0.6) is 5.75 Å². The molecule has 0 spiro atoms. The van der Waals surface area contributed by atoms with Crippen molar-refractivity contribution in [3.05, 3.63) is 39.8 Å². The van der Waals surface area contributed by atoms with E-state index in [1.807, 2.05) is 13.8 Å². The average Bonchev–Trinajstić information content (AvgIpc) is 2.72. The third-order valence-electron chi connectivity index (χ3n) is 3.15. The minimum absolute atomic E-state index is 0.321. The van der Waals surface area contributed by atoms with Crippen molar-refractivity contribution in [2.75, 3.05) is 18.2 Å². The molecule has 0 bridgehead atoms. The van der Waals surface area contributed by atoms with Crippen molar-refractivity contribution in [3.63, 3.8) is 0 Å². The first-order valence-corrected chi connectivity index (χ1v) is 7.04. The van der Waals surface area contributed by atoms with Crippen LogP contribution in [0.25, 0.3) is 0 Å². The number of hydrogen-bond acceptors (Lipinski definition) is 5. The van der Waals surface area contributed by atoms with Crippen molar-refractivity contribution in [2.24, 2.45) is 0 Å². The summed E-state index contributed by atoms with van der Waals surface area (Å²) in [6.07, 6.45) is 0. The lowest BCUT2D eigenvalue weighted by atomic mass is 10.1. The third-order valence-corrected chi connectivity index (χ3v) is 4.27. The predicted octanol–water partition coefficient (Wildman–Crippen LogP) is 3.08. The number of nitrogens with zero attached hydrogens (tertiary/aromatic N) is 1. The van der Waals surface area contributed by atoms with Gasteiger partial charge < -0.3 is 15.8 Å². The number of amides is 1. The number of benzene rings is 1. The summed E-state index contributed by atoms with van der Waals surface area (Å²) in [4.78, 5) is 13.3.